The van der Waals surface area contributed by atoms with E-state index in [-0.39, 0.29) is 29.4 Å². The lowest BCUT2D eigenvalue weighted by Crippen LogP contribution is -2.29. The number of hydrogen-bond acceptors (Lipinski definition) is 8. The highest BCUT2D eigenvalue weighted by Gasteiger charge is 2.46. The fourth-order valence-corrected chi connectivity index (χ4v) is 4.18. The van der Waals surface area contributed by atoms with Crippen LogP contribution in [0, 0.1) is 0 Å². The fraction of sp³-hybridized carbons (Fsp3) is 0.200. The number of hydrogen-bond donors (Lipinski definition) is 2. The summed E-state index contributed by atoms with van der Waals surface area (Å²) in [6.07, 6.45) is 1.47. The SMILES string of the molecule is COc1ccc(C2/C(=C(/O)c3ccc4c(c3)OCCO4)C(=O)C(=O)N2Cc2ccco2)cc1O. The number of furan rings is 1. The van der Waals surface area contributed by atoms with E-state index >= 15 is 0 Å². The zero-order chi connectivity index (χ0) is 23.8. The third-order valence-corrected chi connectivity index (χ3v) is 5.78. The van der Waals surface area contributed by atoms with Gasteiger partial charge in [0.2, 0.25) is 0 Å². The van der Waals surface area contributed by atoms with Gasteiger partial charge in [-0.25, -0.2) is 0 Å². The van der Waals surface area contributed by atoms with Crippen molar-refractivity contribution in [1.82, 2.24) is 4.90 Å². The number of amides is 1. The number of nitrogens with zero attached hydrogens (tertiary/aromatic N) is 1. The van der Waals surface area contributed by atoms with Crippen molar-refractivity contribution in [1.29, 1.82) is 0 Å². The highest BCUT2D eigenvalue weighted by Crippen LogP contribution is 2.43. The molecule has 3 aromatic rings. The molecule has 1 unspecified atom stereocenters. The van der Waals surface area contributed by atoms with E-state index in [9.17, 15) is 19.8 Å². The number of phenolic OH excluding ortho intramolecular Hbond substituents is 1. The Morgan fingerprint density at radius 3 is 2.59 bits per heavy atom. The summed E-state index contributed by atoms with van der Waals surface area (Å²) in [4.78, 5) is 27.5. The van der Waals surface area contributed by atoms with Crippen molar-refractivity contribution in [2.75, 3.05) is 20.3 Å². The minimum absolute atomic E-state index is 0.00699. The Morgan fingerprint density at radius 1 is 1.09 bits per heavy atom. The number of ketones is 1. The van der Waals surface area contributed by atoms with E-state index in [0.717, 1.165) is 0 Å². The first-order chi connectivity index (χ1) is 16.5. The lowest BCUT2D eigenvalue weighted by molar-refractivity contribution is -0.140. The number of carbonyl (C=O) groups excluding carboxylic acids is 2. The van der Waals surface area contributed by atoms with Gasteiger partial charge in [0.15, 0.2) is 23.0 Å². The molecule has 2 aliphatic rings. The average Bonchev–Trinajstić information content (AvgIpc) is 3.45. The van der Waals surface area contributed by atoms with Crippen molar-refractivity contribution in [3.8, 4) is 23.0 Å². The zero-order valence-corrected chi connectivity index (χ0v) is 18.2. The minimum atomic E-state index is -0.977. The Balaban J connectivity index is 1.65. The summed E-state index contributed by atoms with van der Waals surface area (Å²) in [5.74, 6) is -0.519. The van der Waals surface area contributed by atoms with E-state index in [2.05, 4.69) is 0 Å². The van der Waals surface area contributed by atoms with Crippen LogP contribution in [0.2, 0.25) is 0 Å². The van der Waals surface area contributed by atoms with E-state index in [1.54, 1.807) is 36.4 Å². The second kappa shape index (κ2) is 8.51. The number of rotatable bonds is 5. The number of fused-ring (bicyclic) bond motifs is 1. The van der Waals surface area contributed by atoms with Crippen LogP contribution in [0.15, 0.2) is 64.8 Å². The molecular formula is C25H21NO8. The molecule has 2 N–H and O–H groups in total. The van der Waals surface area contributed by atoms with Gasteiger partial charge in [-0.3, -0.25) is 9.59 Å². The average molecular weight is 463 g/mol. The second-order valence-electron chi connectivity index (χ2n) is 7.80. The van der Waals surface area contributed by atoms with E-state index in [0.29, 0.717) is 41.6 Å². The predicted molar refractivity (Wildman–Crippen MR) is 119 cm³/mol. The number of methoxy groups -OCH3 is 1. The first-order valence-electron chi connectivity index (χ1n) is 10.6. The van der Waals surface area contributed by atoms with Crippen LogP contribution in [0.4, 0.5) is 0 Å². The van der Waals surface area contributed by atoms with Gasteiger partial charge in [0.25, 0.3) is 11.7 Å². The maximum absolute atomic E-state index is 13.2. The Morgan fingerprint density at radius 2 is 1.88 bits per heavy atom. The van der Waals surface area contributed by atoms with E-state index < -0.39 is 17.7 Å². The van der Waals surface area contributed by atoms with Crippen molar-refractivity contribution in [2.45, 2.75) is 12.6 Å². The molecule has 34 heavy (non-hydrogen) atoms. The van der Waals surface area contributed by atoms with Crippen LogP contribution in [0.1, 0.15) is 22.9 Å². The lowest BCUT2D eigenvalue weighted by atomic mass is 9.94. The third-order valence-electron chi connectivity index (χ3n) is 5.78. The third kappa shape index (κ3) is 3.61. The summed E-state index contributed by atoms with van der Waals surface area (Å²) in [5.41, 5.74) is 0.601. The zero-order valence-electron chi connectivity index (χ0n) is 18.2. The van der Waals surface area contributed by atoms with Crippen molar-refractivity contribution < 1.29 is 38.4 Å². The maximum atomic E-state index is 13.2. The first kappa shape index (κ1) is 21.4. The van der Waals surface area contributed by atoms with Crippen LogP contribution >= 0.6 is 0 Å². The summed E-state index contributed by atoms with van der Waals surface area (Å²) in [6.45, 7) is 0.764. The van der Waals surface area contributed by atoms with Crippen molar-refractivity contribution in [2.24, 2.45) is 0 Å². The quantitative estimate of drug-likeness (QED) is 0.336. The number of Topliss-reactive ketones (excluding diaryl/α,β-unsaturated/α-hetero) is 1. The largest absolute Gasteiger partial charge is 0.507 e. The lowest BCUT2D eigenvalue weighted by Gasteiger charge is -2.25. The Kier molecular flexibility index (Phi) is 5.37. The van der Waals surface area contributed by atoms with E-state index in [4.69, 9.17) is 18.6 Å². The summed E-state index contributed by atoms with van der Waals surface area (Å²) in [7, 11) is 1.42. The standard InChI is InChI=1S/C25H21NO8/c1-31-18-6-4-14(11-17(18)27)22-21(24(29)25(30)26(22)13-16-3-2-8-32-16)23(28)15-5-7-19-20(12-15)34-10-9-33-19/h2-8,11-12,22,27-28H,9-10,13H2,1H3/b23-21-. The fourth-order valence-electron chi connectivity index (χ4n) is 4.18. The molecule has 0 spiro atoms. The second-order valence-corrected chi connectivity index (χ2v) is 7.80. The summed E-state index contributed by atoms with van der Waals surface area (Å²) < 4.78 is 21.6. The number of carbonyl (C=O) groups is 2. The molecule has 1 atom stereocenters. The molecule has 2 aromatic carbocycles. The van der Waals surface area contributed by atoms with Crippen LogP contribution in [0.3, 0.4) is 0 Å². The highest BCUT2D eigenvalue weighted by atomic mass is 16.6. The molecule has 1 saturated heterocycles. The number of benzene rings is 2. The molecule has 0 bridgehead atoms. The van der Waals surface area contributed by atoms with Gasteiger partial charge in [-0.1, -0.05) is 6.07 Å². The normalized spacial score (nSPS) is 18.9. The molecule has 0 aliphatic carbocycles. The Bertz CT molecular complexity index is 1290. The van der Waals surface area contributed by atoms with Crippen LogP contribution in [-0.2, 0) is 16.1 Å². The molecule has 2 aliphatic heterocycles. The molecule has 9 nitrogen and oxygen atoms in total. The van der Waals surface area contributed by atoms with Gasteiger partial charge in [0.1, 0.15) is 24.7 Å². The molecule has 5 rings (SSSR count). The van der Waals surface area contributed by atoms with Crippen LogP contribution < -0.4 is 14.2 Å². The topological polar surface area (TPSA) is 119 Å². The number of aliphatic hydroxyl groups excluding tert-OH is 1. The number of ether oxygens (including phenoxy) is 3. The molecule has 174 valence electrons. The Hall–Kier alpha value is -4.40. The monoisotopic (exact) mass is 463 g/mol. The first-order valence-corrected chi connectivity index (χ1v) is 10.6. The van der Waals surface area contributed by atoms with Gasteiger partial charge in [-0.15, -0.1) is 0 Å². The molecule has 0 saturated carbocycles. The van der Waals surface area contributed by atoms with Crippen molar-refractivity contribution in [3.63, 3.8) is 0 Å². The molecule has 1 amide bonds. The van der Waals surface area contributed by atoms with Gasteiger partial charge in [-0.2, -0.15) is 0 Å². The van der Waals surface area contributed by atoms with Crippen molar-refractivity contribution in [3.05, 3.63) is 77.3 Å². The minimum Gasteiger partial charge on any atom is -0.507 e. The number of aromatic hydroxyl groups is 1. The van der Waals surface area contributed by atoms with Crippen LogP contribution in [0.25, 0.3) is 5.76 Å². The van der Waals surface area contributed by atoms with E-state index in [1.165, 1.54) is 30.4 Å². The smallest absolute Gasteiger partial charge is 0.296 e. The number of phenols is 1. The highest BCUT2D eigenvalue weighted by molar-refractivity contribution is 6.46. The van der Waals surface area contributed by atoms with Gasteiger partial charge in [0.05, 0.1) is 31.5 Å². The molecule has 0 radical (unpaired) electrons. The summed E-state index contributed by atoms with van der Waals surface area (Å²) >= 11 is 0. The van der Waals surface area contributed by atoms with Crippen LogP contribution in [0.5, 0.6) is 23.0 Å². The predicted octanol–water partition coefficient (Wildman–Crippen LogP) is 3.39. The molecule has 9 heteroatoms. The van der Waals surface area contributed by atoms with Crippen molar-refractivity contribution >= 4 is 17.4 Å². The van der Waals surface area contributed by atoms with Gasteiger partial charge in [-0.05, 0) is 48.0 Å². The van der Waals surface area contributed by atoms with Gasteiger partial charge < -0.3 is 33.7 Å². The van der Waals surface area contributed by atoms with Gasteiger partial charge in [0, 0.05) is 5.56 Å². The molecular weight excluding hydrogens is 442 g/mol. The van der Waals surface area contributed by atoms with E-state index in [1.807, 2.05) is 0 Å². The Labute approximate surface area is 194 Å². The number of aliphatic hydroxyl groups is 1. The molecule has 1 fully saturated rings. The summed E-state index contributed by atoms with van der Waals surface area (Å²) in [5, 5.41) is 21.6. The van der Waals surface area contributed by atoms with Gasteiger partial charge >= 0.3 is 0 Å². The molecule has 1 aromatic heterocycles. The molecule has 3 heterocycles. The van der Waals surface area contributed by atoms with Crippen LogP contribution in [-0.4, -0.2) is 47.1 Å². The number of likely N-dealkylation sites (tertiary alicyclic amines) is 1. The summed E-state index contributed by atoms with van der Waals surface area (Å²) in [6, 6.07) is 11.7. The maximum Gasteiger partial charge on any atom is 0.296 e.